The van der Waals surface area contributed by atoms with Crippen LogP contribution in [0.25, 0.3) is 0 Å². The van der Waals surface area contributed by atoms with Crippen LogP contribution in [-0.4, -0.2) is 30.8 Å². The summed E-state index contributed by atoms with van der Waals surface area (Å²) in [5.74, 6) is -0.312. The number of methoxy groups -OCH3 is 1. The third-order valence-corrected chi connectivity index (χ3v) is 3.66. The van der Waals surface area contributed by atoms with Crippen LogP contribution in [0.2, 0.25) is 0 Å². The van der Waals surface area contributed by atoms with E-state index in [9.17, 15) is 9.90 Å². The van der Waals surface area contributed by atoms with Crippen molar-refractivity contribution in [2.24, 2.45) is 0 Å². The van der Waals surface area contributed by atoms with E-state index in [2.05, 4.69) is 19.2 Å². The van der Waals surface area contributed by atoms with Gasteiger partial charge < -0.3 is 15.2 Å². The standard InChI is InChI=1S/C17H27NO3/c1-4-6-11-18-15(12-16(19)21-3)17(20)14-9-7-13(5-2)8-10-14/h7-10,15,17-18,20H,4-6,11-12H2,1-3H3. The number of carbonyl (C=O) groups is 1. The quantitative estimate of drug-likeness (QED) is 0.543. The van der Waals surface area contributed by atoms with Gasteiger partial charge in [0.25, 0.3) is 0 Å². The molecule has 0 bridgehead atoms. The van der Waals surface area contributed by atoms with E-state index in [1.54, 1.807) is 0 Å². The Morgan fingerprint density at radius 3 is 2.48 bits per heavy atom. The molecule has 0 aliphatic rings. The summed E-state index contributed by atoms with van der Waals surface area (Å²) >= 11 is 0. The van der Waals surface area contributed by atoms with Crippen molar-refractivity contribution in [3.05, 3.63) is 35.4 Å². The molecule has 2 atom stereocenters. The van der Waals surface area contributed by atoms with Gasteiger partial charge in [-0.3, -0.25) is 4.79 Å². The van der Waals surface area contributed by atoms with Gasteiger partial charge in [0.05, 0.1) is 19.6 Å². The van der Waals surface area contributed by atoms with Crippen LogP contribution in [0.4, 0.5) is 0 Å². The minimum absolute atomic E-state index is 0.164. The number of rotatable bonds is 9. The van der Waals surface area contributed by atoms with Crippen molar-refractivity contribution < 1.29 is 14.6 Å². The third-order valence-electron chi connectivity index (χ3n) is 3.66. The van der Waals surface area contributed by atoms with Crippen LogP contribution in [0, 0.1) is 0 Å². The van der Waals surface area contributed by atoms with E-state index in [4.69, 9.17) is 4.74 Å². The molecule has 0 spiro atoms. The number of ether oxygens (including phenoxy) is 1. The summed E-state index contributed by atoms with van der Waals surface area (Å²) in [7, 11) is 1.37. The zero-order valence-corrected chi connectivity index (χ0v) is 13.3. The number of hydrogen-bond acceptors (Lipinski definition) is 4. The fraction of sp³-hybridized carbons (Fsp3) is 0.588. The zero-order chi connectivity index (χ0) is 15.7. The summed E-state index contributed by atoms with van der Waals surface area (Å²) in [6.45, 7) is 4.98. The summed E-state index contributed by atoms with van der Waals surface area (Å²) in [6.07, 6.45) is 2.50. The molecule has 2 N–H and O–H groups in total. The van der Waals surface area contributed by atoms with Gasteiger partial charge in [0, 0.05) is 6.04 Å². The topological polar surface area (TPSA) is 58.6 Å². The van der Waals surface area contributed by atoms with E-state index in [0.29, 0.717) is 0 Å². The number of aliphatic hydroxyl groups is 1. The summed E-state index contributed by atoms with van der Waals surface area (Å²) in [5, 5.41) is 13.8. The van der Waals surface area contributed by atoms with Crippen LogP contribution in [0.1, 0.15) is 50.3 Å². The van der Waals surface area contributed by atoms with Crippen LogP contribution in [-0.2, 0) is 16.0 Å². The van der Waals surface area contributed by atoms with Crippen molar-refractivity contribution in [3.63, 3.8) is 0 Å². The fourth-order valence-corrected chi connectivity index (χ4v) is 2.21. The molecule has 118 valence electrons. The average molecular weight is 293 g/mol. The van der Waals surface area contributed by atoms with Crippen molar-refractivity contribution in [2.75, 3.05) is 13.7 Å². The normalized spacial score (nSPS) is 13.7. The smallest absolute Gasteiger partial charge is 0.307 e. The van der Waals surface area contributed by atoms with Gasteiger partial charge in [0.2, 0.25) is 0 Å². The Morgan fingerprint density at radius 2 is 1.95 bits per heavy atom. The largest absolute Gasteiger partial charge is 0.469 e. The molecule has 1 aromatic carbocycles. The molecule has 0 radical (unpaired) electrons. The number of unbranched alkanes of at least 4 members (excludes halogenated alkanes) is 1. The van der Waals surface area contributed by atoms with Gasteiger partial charge in [-0.2, -0.15) is 0 Å². The molecule has 1 rings (SSSR count). The molecule has 4 heteroatoms. The van der Waals surface area contributed by atoms with Crippen LogP contribution < -0.4 is 5.32 Å². The highest BCUT2D eigenvalue weighted by molar-refractivity contribution is 5.70. The Labute approximate surface area is 127 Å². The summed E-state index contributed by atoms with van der Waals surface area (Å²) < 4.78 is 4.72. The second-order valence-electron chi connectivity index (χ2n) is 5.23. The lowest BCUT2D eigenvalue weighted by molar-refractivity contribution is -0.142. The van der Waals surface area contributed by atoms with Crippen LogP contribution in [0.3, 0.4) is 0 Å². The number of benzene rings is 1. The molecular formula is C17H27NO3. The molecule has 2 unspecified atom stereocenters. The third kappa shape index (κ3) is 5.86. The van der Waals surface area contributed by atoms with E-state index in [1.165, 1.54) is 12.7 Å². The summed E-state index contributed by atoms with van der Waals surface area (Å²) in [6, 6.07) is 7.56. The first kappa shape index (κ1) is 17.7. The van der Waals surface area contributed by atoms with E-state index in [1.807, 2.05) is 24.3 Å². The second-order valence-corrected chi connectivity index (χ2v) is 5.23. The summed E-state index contributed by atoms with van der Waals surface area (Å²) in [4.78, 5) is 11.5. The number of aliphatic hydroxyl groups excluding tert-OH is 1. The lowest BCUT2D eigenvalue weighted by atomic mass is 9.98. The molecule has 0 saturated carbocycles. The SMILES string of the molecule is CCCCNC(CC(=O)OC)C(O)c1ccc(CC)cc1. The van der Waals surface area contributed by atoms with Crippen LogP contribution >= 0.6 is 0 Å². The van der Waals surface area contributed by atoms with Crippen molar-refractivity contribution in [1.29, 1.82) is 0 Å². The highest BCUT2D eigenvalue weighted by Gasteiger charge is 2.23. The first-order chi connectivity index (χ1) is 10.1. The van der Waals surface area contributed by atoms with Gasteiger partial charge >= 0.3 is 5.97 Å². The number of hydrogen-bond donors (Lipinski definition) is 2. The van der Waals surface area contributed by atoms with Gasteiger partial charge in [-0.05, 0) is 30.5 Å². The predicted molar refractivity (Wildman–Crippen MR) is 84.1 cm³/mol. The van der Waals surface area contributed by atoms with E-state index >= 15 is 0 Å². The Balaban J connectivity index is 2.75. The highest BCUT2D eigenvalue weighted by Crippen LogP contribution is 2.20. The Kier molecular flexibility index (Phi) is 8.01. The molecule has 0 saturated heterocycles. The first-order valence-corrected chi connectivity index (χ1v) is 7.69. The van der Waals surface area contributed by atoms with Gasteiger partial charge in [-0.25, -0.2) is 0 Å². The molecule has 0 fully saturated rings. The average Bonchev–Trinajstić information content (AvgIpc) is 2.53. The minimum Gasteiger partial charge on any atom is -0.469 e. The second kappa shape index (κ2) is 9.53. The molecule has 0 amide bonds. The predicted octanol–water partition coefficient (Wildman–Crippen LogP) is 2.60. The zero-order valence-electron chi connectivity index (χ0n) is 13.3. The van der Waals surface area contributed by atoms with Crippen molar-refractivity contribution in [3.8, 4) is 0 Å². The van der Waals surface area contributed by atoms with Gasteiger partial charge in [0.1, 0.15) is 0 Å². The lowest BCUT2D eigenvalue weighted by Gasteiger charge is -2.24. The molecule has 1 aromatic rings. The highest BCUT2D eigenvalue weighted by atomic mass is 16.5. The fourth-order valence-electron chi connectivity index (χ4n) is 2.21. The van der Waals surface area contributed by atoms with Crippen molar-refractivity contribution >= 4 is 5.97 Å². The van der Waals surface area contributed by atoms with Crippen molar-refractivity contribution in [2.45, 2.75) is 51.7 Å². The van der Waals surface area contributed by atoms with Gasteiger partial charge in [0.15, 0.2) is 0 Å². The van der Waals surface area contributed by atoms with Gasteiger partial charge in [-0.15, -0.1) is 0 Å². The van der Waals surface area contributed by atoms with E-state index in [-0.39, 0.29) is 18.4 Å². The molecule has 4 nitrogen and oxygen atoms in total. The molecule has 0 aliphatic carbocycles. The minimum atomic E-state index is -0.716. The number of esters is 1. The maximum Gasteiger partial charge on any atom is 0.307 e. The molecule has 21 heavy (non-hydrogen) atoms. The monoisotopic (exact) mass is 293 g/mol. The first-order valence-electron chi connectivity index (χ1n) is 7.69. The molecule has 0 aliphatic heterocycles. The Hall–Kier alpha value is -1.39. The number of nitrogens with one attached hydrogen (secondary N) is 1. The Bertz CT molecular complexity index is 417. The lowest BCUT2D eigenvalue weighted by Crippen LogP contribution is -2.37. The molecule has 0 heterocycles. The maximum absolute atomic E-state index is 11.5. The van der Waals surface area contributed by atoms with E-state index in [0.717, 1.165) is 31.4 Å². The number of carbonyl (C=O) groups excluding carboxylic acids is 1. The number of aryl methyl sites for hydroxylation is 1. The Morgan fingerprint density at radius 1 is 1.29 bits per heavy atom. The molecule has 0 aromatic heterocycles. The van der Waals surface area contributed by atoms with Crippen LogP contribution in [0.5, 0.6) is 0 Å². The molecular weight excluding hydrogens is 266 g/mol. The van der Waals surface area contributed by atoms with Gasteiger partial charge in [-0.1, -0.05) is 44.5 Å². The summed E-state index contributed by atoms with van der Waals surface area (Å²) in [5.41, 5.74) is 2.06. The van der Waals surface area contributed by atoms with E-state index < -0.39 is 6.10 Å². The maximum atomic E-state index is 11.5. The van der Waals surface area contributed by atoms with Crippen LogP contribution in [0.15, 0.2) is 24.3 Å². The van der Waals surface area contributed by atoms with Crippen molar-refractivity contribution in [1.82, 2.24) is 5.32 Å².